The number of carboxylic acids is 4. The molecule has 0 aromatic rings. The lowest BCUT2D eigenvalue weighted by molar-refractivity contribution is -0.138. The maximum Gasteiger partial charge on any atom is 0.304 e. The van der Waals surface area contributed by atoms with E-state index >= 15 is 0 Å². The summed E-state index contributed by atoms with van der Waals surface area (Å²) < 4.78 is -0.616. The molecule has 0 aliphatic rings. The molecular formula is C72H140O8S2. The first-order chi connectivity index (χ1) is 39.9. The number of thioether (sulfide) groups is 2. The molecule has 0 rings (SSSR count). The summed E-state index contributed by atoms with van der Waals surface area (Å²) in [7, 11) is 0. The third kappa shape index (κ3) is 63.1. The van der Waals surface area contributed by atoms with Crippen LogP contribution in [-0.2, 0) is 19.2 Å². The normalized spacial score (nSPS) is 11.8. The van der Waals surface area contributed by atoms with Crippen molar-refractivity contribution in [3.63, 3.8) is 0 Å². The van der Waals surface area contributed by atoms with Gasteiger partial charge in [0, 0.05) is 21.0 Å². The number of hydrogen-bond acceptors (Lipinski definition) is 6. The summed E-state index contributed by atoms with van der Waals surface area (Å²) >= 11 is 3.26. The van der Waals surface area contributed by atoms with Gasteiger partial charge in [-0.25, -0.2) is 0 Å². The summed E-state index contributed by atoms with van der Waals surface area (Å²) in [6, 6.07) is 0. The summed E-state index contributed by atoms with van der Waals surface area (Å²) in [5.41, 5.74) is 0. The van der Waals surface area contributed by atoms with E-state index in [0.717, 1.165) is 77.0 Å². The topological polar surface area (TPSA) is 149 Å². The minimum atomic E-state index is -0.792. The van der Waals surface area contributed by atoms with Crippen molar-refractivity contribution >= 4 is 47.4 Å². The van der Waals surface area contributed by atoms with Crippen molar-refractivity contribution in [1.29, 1.82) is 0 Å². The molecule has 0 fully saturated rings. The fourth-order valence-corrected chi connectivity index (χ4v) is 15.1. The SMILES string of the molecule is CCCCCCCCCCCCC(CCCCCCCCCCCC)(CC(=O)O)SCCC(=O)O.CCCCCCCCCCCCCCCCCCC(CCCCCCCCCCCCCCCCCC)(CC(=O)O)SCCC(=O)O. The van der Waals surface area contributed by atoms with Gasteiger partial charge in [0.1, 0.15) is 0 Å². The Kier molecular flexibility index (Phi) is 66.1. The third-order valence-electron chi connectivity index (χ3n) is 17.3. The maximum atomic E-state index is 11.9. The largest absolute Gasteiger partial charge is 0.481 e. The van der Waals surface area contributed by atoms with Gasteiger partial charge >= 0.3 is 23.9 Å². The lowest BCUT2D eigenvalue weighted by Crippen LogP contribution is -2.29. The molecule has 0 aromatic carbocycles. The van der Waals surface area contributed by atoms with E-state index < -0.39 is 23.9 Å². The van der Waals surface area contributed by atoms with E-state index in [0.29, 0.717) is 11.5 Å². The van der Waals surface area contributed by atoms with Crippen LogP contribution in [0.25, 0.3) is 0 Å². The van der Waals surface area contributed by atoms with Gasteiger partial charge < -0.3 is 20.4 Å². The van der Waals surface area contributed by atoms with E-state index in [2.05, 4.69) is 27.7 Å². The monoisotopic (exact) mass is 1200 g/mol. The Labute approximate surface area is 518 Å². The number of rotatable bonds is 68. The molecule has 0 saturated carbocycles. The predicted octanol–water partition coefficient (Wildman–Crippen LogP) is 24.7. The number of unbranched alkanes of at least 4 members (excludes halogenated alkanes) is 48. The smallest absolute Gasteiger partial charge is 0.304 e. The Morgan fingerprint density at radius 1 is 0.232 bits per heavy atom. The second kappa shape index (κ2) is 65.6. The van der Waals surface area contributed by atoms with Crippen molar-refractivity contribution in [3.05, 3.63) is 0 Å². The van der Waals surface area contributed by atoms with E-state index in [1.807, 2.05) is 0 Å². The zero-order chi connectivity index (χ0) is 60.6. The summed E-state index contributed by atoms with van der Waals surface area (Å²) in [6.45, 7) is 9.06. The van der Waals surface area contributed by atoms with Crippen LogP contribution < -0.4 is 0 Å². The zero-order valence-electron chi connectivity index (χ0n) is 55.1. The second-order valence-electron chi connectivity index (χ2n) is 25.5. The van der Waals surface area contributed by atoms with Crippen LogP contribution in [0, 0.1) is 0 Å². The number of carboxylic acid groups (broad SMARTS) is 4. The van der Waals surface area contributed by atoms with E-state index in [1.54, 1.807) is 23.5 Å². The van der Waals surface area contributed by atoms with Crippen molar-refractivity contribution in [2.75, 3.05) is 11.5 Å². The Bertz CT molecular complexity index is 1300. The van der Waals surface area contributed by atoms with Gasteiger partial charge in [-0.3, -0.25) is 19.2 Å². The Hall–Kier alpha value is -1.42. The molecule has 488 valence electrons. The van der Waals surface area contributed by atoms with E-state index in [-0.39, 0.29) is 35.2 Å². The maximum absolute atomic E-state index is 11.9. The molecule has 0 aliphatic carbocycles. The van der Waals surface area contributed by atoms with Crippen LogP contribution in [-0.4, -0.2) is 65.3 Å². The molecule has 0 heterocycles. The molecular weight excluding hydrogens is 1060 g/mol. The van der Waals surface area contributed by atoms with Crippen LogP contribution in [0.4, 0.5) is 0 Å². The summed E-state index contributed by atoms with van der Waals surface area (Å²) in [6.07, 6.45) is 72.5. The fraction of sp³-hybridized carbons (Fsp3) is 0.944. The minimum absolute atomic E-state index is 0.113. The standard InChI is InChI=1S/C42H82O4S.C30H58O4S/c1-3-5-7-9-11-13-15-17-19-21-23-25-27-29-31-33-36-42(39-41(45)46,47-38-35-40(43)44)37-34-32-30-28-26-24-22-20-18-16-14-12-10-8-6-4-2;1-3-5-7-9-11-13-15-17-19-21-24-30(27-29(33)34,35-26-23-28(31)32)25-22-20-18-16-14-12-10-8-6-4-2/h3-39H2,1-2H3,(H,43,44)(H,45,46);3-27H2,1-2H3,(H,31,32)(H,33,34). The van der Waals surface area contributed by atoms with Gasteiger partial charge in [0.15, 0.2) is 0 Å². The van der Waals surface area contributed by atoms with Gasteiger partial charge in [-0.05, 0) is 25.7 Å². The van der Waals surface area contributed by atoms with Crippen molar-refractivity contribution < 1.29 is 39.6 Å². The molecule has 0 spiro atoms. The van der Waals surface area contributed by atoms with Crippen LogP contribution in [0.2, 0.25) is 0 Å². The van der Waals surface area contributed by atoms with Crippen LogP contribution in [0.15, 0.2) is 0 Å². The van der Waals surface area contributed by atoms with Crippen LogP contribution in [0.5, 0.6) is 0 Å². The molecule has 0 saturated heterocycles. The van der Waals surface area contributed by atoms with E-state index in [1.165, 1.54) is 283 Å². The molecule has 0 radical (unpaired) electrons. The Balaban J connectivity index is 0. The van der Waals surface area contributed by atoms with Gasteiger partial charge in [0.25, 0.3) is 0 Å². The summed E-state index contributed by atoms with van der Waals surface area (Å²) in [5, 5.41) is 37.8. The molecule has 0 atom stereocenters. The van der Waals surface area contributed by atoms with Crippen molar-refractivity contribution in [2.45, 2.75) is 422 Å². The lowest BCUT2D eigenvalue weighted by atomic mass is 9.90. The van der Waals surface area contributed by atoms with Crippen molar-refractivity contribution in [1.82, 2.24) is 0 Å². The first kappa shape index (κ1) is 82.6. The number of carbonyl (C=O) groups is 4. The lowest BCUT2D eigenvalue weighted by Gasteiger charge is -2.32. The number of aliphatic carboxylic acids is 4. The number of hydrogen-bond donors (Lipinski definition) is 4. The van der Waals surface area contributed by atoms with Crippen molar-refractivity contribution in [2.24, 2.45) is 0 Å². The Morgan fingerprint density at radius 3 is 0.512 bits per heavy atom. The van der Waals surface area contributed by atoms with E-state index in [4.69, 9.17) is 5.11 Å². The summed E-state index contributed by atoms with van der Waals surface area (Å²) in [4.78, 5) is 45.9. The molecule has 0 aliphatic heterocycles. The minimum Gasteiger partial charge on any atom is -0.481 e. The van der Waals surface area contributed by atoms with Crippen LogP contribution in [0.3, 0.4) is 0 Å². The van der Waals surface area contributed by atoms with Crippen LogP contribution in [0.1, 0.15) is 413 Å². The highest BCUT2D eigenvalue weighted by Crippen LogP contribution is 2.42. The zero-order valence-corrected chi connectivity index (χ0v) is 56.7. The van der Waals surface area contributed by atoms with Gasteiger partial charge in [-0.15, -0.1) is 0 Å². The third-order valence-corrected chi connectivity index (χ3v) is 20.5. The molecule has 0 amide bonds. The quantitative estimate of drug-likeness (QED) is 0.0434. The molecule has 82 heavy (non-hydrogen) atoms. The van der Waals surface area contributed by atoms with E-state index in [9.17, 15) is 34.5 Å². The average Bonchev–Trinajstić information content (AvgIpc) is 3.43. The highest BCUT2D eigenvalue weighted by molar-refractivity contribution is 8.00. The molecule has 10 heteroatoms. The highest BCUT2D eigenvalue weighted by Gasteiger charge is 2.34. The molecule has 0 bridgehead atoms. The molecule has 8 nitrogen and oxygen atoms in total. The first-order valence-corrected chi connectivity index (χ1v) is 38.0. The fourth-order valence-electron chi connectivity index (χ4n) is 12.1. The van der Waals surface area contributed by atoms with Gasteiger partial charge in [0.2, 0.25) is 0 Å². The van der Waals surface area contributed by atoms with Gasteiger partial charge in [-0.2, -0.15) is 23.5 Å². The predicted molar refractivity (Wildman–Crippen MR) is 361 cm³/mol. The molecule has 0 aromatic heterocycles. The van der Waals surface area contributed by atoms with Gasteiger partial charge in [-0.1, -0.05) is 362 Å². The molecule has 0 unspecified atom stereocenters. The Morgan fingerprint density at radius 2 is 0.378 bits per heavy atom. The summed E-state index contributed by atoms with van der Waals surface area (Å²) in [5.74, 6) is -2.03. The second-order valence-corrected chi connectivity index (χ2v) is 28.6. The average molecular weight is 1200 g/mol. The molecule has 4 N–H and O–H groups in total. The first-order valence-electron chi connectivity index (χ1n) is 36.1. The van der Waals surface area contributed by atoms with Crippen molar-refractivity contribution in [3.8, 4) is 0 Å². The van der Waals surface area contributed by atoms with Gasteiger partial charge in [0.05, 0.1) is 25.7 Å². The highest BCUT2D eigenvalue weighted by atomic mass is 32.2. The van der Waals surface area contributed by atoms with Crippen LogP contribution >= 0.6 is 23.5 Å².